The molecule has 1 aromatic rings. The first-order valence-corrected chi connectivity index (χ1v) is 4.91. The monoisotopic (exact) mass is 243 g/mol. The van der Waals surface area contributed by atoms with Crippen LogP contribution in [0.15, 0.2) is 18.2 Å². The van der Waals surface area contributed by atoms with Crippen LogP contribution in [0.2, 0.25) is 0 Å². The van der Waals surface area contributed by atoms with Crippen molar-refractivity contribution in [1.29, 1.82) is 0 Å². The van der Waals surface area contributed by atoms with Crippen LogP contribution in [0.4, 0.5) is 8.78 Å². The van der Waals surface area contributed by atoms with Gasteiger partial charge in [-0.15, -0.1) is 0 Å². The van der Waals surface area contributed by atoms with Gasteiger partial charge in [-0.3, -0.25) is 9.59 Å². The molecule has 0 unspecified atom stereocenters. The predicted molar refractivity (Wildman–Crippen MR) is 55.3 cm³/mol. The first kappa shape index (κ1) is 13.1. The molecular weight excluding hydrogens is 232 g/mol. The highest BCUT2D eigenvalue weighted by Gasteiger charge is 2.06. The second-order valence-electron chi connectivity index (χ2n) is 3.45. The van der Waals surface area contributed by atoms with E-state index in [4.69, 9.17) is 5.11 Å². The van der Waals surface area contributed by atoms with Gasteiger partial charge in [-0.05, 0) is 17.7 Å². The molecule has 0 heterocycles. The standard InChI is InChI=1S/C11H11F2NO3/c12-8-3-7(4-9(13)6-8)5-10(15)14-2-1-11(16)17/h3-4,6H,1-2,5H2,(H,14,15)(H,16,17). The average molecular weight is 243 g/mol. The van der Waals surface area contributed by atoms with Crippen molar-refractivity contribution >= 4 is 11.9 Å². The lowest BCUT2D eigenvalue weighted by molar-refractivity contribution is -0.136. The van der Waals surface area contributed by atoms with E-state index < -0.39 is 23.5 Å². The highest BCUT2D eigenvalue weighted by Crippen LogP contribution is 2.08. The van der Waals surface area contributed by atoms with Gasteiger partial charge in [0, 0.05) is 12.6 Å². The number of benzene rings is 1. The van der Waals surface area contributed by atoms with E-state index in [0.29, 0.717) is 6.07 Å². The van der Waals surface area contributed by atoms with Crippen LogP contribution in [-0.2, 0) is 16.0 Å². The average Bonchev–Trinajstić information content (AvgIpc) is 2.14. The third kappa shape index (κ3) is 5.05. The minimum atomic E-state index is -1.03. The van der Waals surface area contributed by atoms with Crippen molar-refractivity contribution in [2.75, 3.05) is 6.54 Å². The number of rotatable bonds is 5. The van der Waals surface area contributed by atoms with Gasteiger partial charge < -0.3 is 10.4 Å². The third-order valence-corrected chi connectivity index (χ3v) is 1.95. The second-order valence-corrected chi connectivity index (χ2v) is 3.45. The molecule has 0 spiro atoms. The number of carboxylic acids is 1. The van der Waals surface area contributed by atoms with E-state index in [9.17, 15) is 18.4 Å². The van der Waals surface area contributed by atoms with E-state index in [2.05, 4.69) is 5.32 Å². The number of amides is 1. The van der Waals surface area contributed by atoms with Crippen LogP contribution in [0.3, 0.4) is 0 Å². The molecule has 17 heavy (non-hydrogen) atoms. The molecule has 1 rings (SSSR count). The molecule has 0 bridgehead atoms. The maximum absolute atomic E-state index is 12.8. The lowest BCUT2D eigenvalue weighted by atomic mass is 10.1. The number of halogens is 2. The fourth-order valence-electron chi connectivity index (χ4n) is 1.27. The zero-order valence-electron chi connectivity index (χ0n) is 8.87. The van der Waals surface area contributed by atoms with Crippen LogP contribution in [0.1, 0.15) is 12.0 Å². The number of carboxylic acid groups (broad SMARTS) is 1. The van der Waals surface area contributed by atoms with Crippen LogP contribution >= 0.6 is 0 Å². The molecule has 0 saturated heterocycles. The minimum absolute atomic E-state index is 0.00797. The topological polar surface area (TPSA) is 66.4 Å². The quantitative estimate of drug-likeness (QED) is 0.813. The van der Waals surface area contributed by atoms with E-state index in [1.165, 1.54) is 0 Å². The zero-order valence-corrected chi connectivity index (χ0v) is 8.87. The van der Waals surface area contributed by atoms with Gasteiger partial charge in [0.25, 0.3) is 0 Å². The summed E-state index contributed by atoms with van der Waals surface area (Å²) in [6.07, 6.45) is -0.377. The van der Waals surface area contributed by atoms with Crippen LogP contribution in [0.5, 0.6) is 0 Å². The lowest BCUT2D eigenvalue weighted by Crippen LogP contribution is -2.27. The zero-order chi connectivity index (χ0) is 12.8. The summed E-state index contributed by atoms with van der Waals surface area (Å²) >= 11 is 0. The number of carbonyl (C=O) groups excluding carboxylic acids is 1. The largest absolute Gasteiger partial charge is 0.481 e. The van der Waals surface area contributed by atoms with Crippen LogP contribution in [-0.4, -0.2) is 23.5 Å². The molecule has 0 aliphatic carbocycles. The Morgan fingerprint density at radius 2 is 1.76 bits per heavy atom. The lowest BCUT2D eigenvalue weighted by Gasteiger charge is -2.04. The first-order chi connectivity index (χ1) is 7.97. The summed E-state index contributed by atoms with van der Waals surface area (Å²) in [7, 11) is 0. The summed E-state index contributed by atoms with van der Waals surface area (Å²) in [6, 6.07) is 2.82. The molecule has 1 amide bonds. The fourth-order valence-corrected chi connectivity index (χ4v) is 1.27. The van der Waals surface area contributed by atoms with Crippen LogP contribution in [0, 0.1) is 11.6 Å². The smallest absolute Gasteiger partial charge is 0.305 e. The first-order valence-electron chi connectivity index (χ1n) is 4.91. The Kier molecular flexibility index (Phi) is 4.56. The number of hydrogen-bond acceptors (Lipinski definition) is 2. The second kappa shape index (κ2) is 5.93. The van der Waals surface area contributed by atoms with Gasteiger partial charge in [0.15, 0.2) is 0 Å². The van der Waals surface area contributed by atoms with E-state index in [1.807, 2.05) is 0 Å². The van der Waals surface area contributed by atoms with E-state index >= 15 is 0 Å². The summed E-state index contributed by atoms with van der Waals surface area (Å²) < 4.78 is 25.6. The van der Waals surface area contributed by atoms with Gasteiger partial charge in [0.1, 0.15) is 11.6 Å². The molecule has 1 aromatic carbocycles. The third-order valence-electron chi connectivity index (χ3n) is 1.95. The highest BCUT2D eigenvalue weighted by molar-refractivity contribution is 5.79. The van der Waals surface area contributed by atoms with Gasteiger partial charge in [0.05, 0.1) is 12.8 Å². The van der Waals surface area contributed by atoms with Crippen LogP contribution in [0.25, 0.3) is 0 Å². The van der Waals surface area contributed by atoms with Crippen molar-refractivity contribution < 1.29 is 23.5 Å². The van der Waals surface area contributed by atoms with E-state index in [1.54, 1.807) is 0 Å². The molecule has 6 heteroatoms. The maximum atomic E-state index is 12.8. The molecule has 0 radical (unpaired) electrons. The molecule has 4 nitrogen and oxygen atoms in total. The maximum Gasteiger partial charge on any atom is 0.305 e. The van der Waals surface area contributed by atoms with Crippen molar-refractivity contribution in [2.24, 2.45) is 0 Å². The molecule has 0 atom stereocenters. The Bertz CT molecular complexity index is 414. The highest BCUT2D eigenvalue weighted by atomic mass is 19.1. The molecular formula is C11H11F2NO3. The van der Waals surface area contributed by atoms with Gasteiger partial charge in [0.2, 0.25) is 5.91 Å². The SMILES string of the molecule is O=C(O)CCNC(=O)Cc1cc(F)cc(F)c1. The molecule has 0 saturated carbocycles. The van der Waals surface area contributed by atoms with Crippen molar-refractivity contribution in [3.05, 3.63) is 35.4 Å². The van der Waals surface area contributed by atoms with Gasteiger partial charge in [-0.25, -0.2) is 8.78 Å². The predicted octanol–water partition coefficient (Wildman–Crippen LogP) is 1.10. The summed E-state index contributed by atoms with van der Waals surface area (Å²) in [6.45, 7) is -0.00797. The van der Waals surface area contributed by atoms with Gasteiger partial charge in [-0.2, -0.15) is 0 Å². The summed E-state index contributed by atoms with van der Waals surface area (Å²) in [5.74, 6) is -3.00. The molecule has 92 valence electrons. The normalized spacial score (nSPS) is 10.0. The van der Waals surface area contributed by atoms with Gasteiger partial charge >= 0.3 is 5.97 Å². The van der Waals surface area contributed by atoms with Crippen molar-refractivity contribution in [3.63, 3.8) is 0 Å². The Morgan fingerprint density at radius 1 is 1.18 bits per heavy atom. The number of carbonyl (C=O) groups is 2. The fraction of sp³-hybridized carbons (Fsp3) is 0.273. The van der Waals surface area contributed by atoms with E-state index in [-0.39, 0.29) is 24.9 Å². The molecule has 0 aliphatic rings. The molecule has 0 aliphatic heterocycles. The summed E-state index contributed by atoms with van der Waals surface area (Å²) in [5, 5.41) is 10.7. The number of hydrogen-bond donors (Lipinski definition) is 2. The number of aliphatic carboxylic acids is 1. The van der Waals surface area contributed by atoms with Gasteiger partial charge in [-0.1, -0.05) is 0 Å². The van der Waals surface area contributed by atoms with Crippen molar-refractivity contribution in [2.45, 2.75) is 12.8 Å². The van der Waals surface area contributed by atoms with Crippen molar-refractivity contribution in [1.82, 2.24) is 5.32 Å². The Labute approximate surface area is 96.3 Å². The Morgan fingerprint density at radius 3 is 2.29 bits per heavy atom. The molecule has 0 fully saturated rings. The molecule has 0 aromatic heterocycles. The molecule has 2 N–H and O–H groups in total. The number of nitrogens with one attached hydrogen (secondary N) is 1. The summed E-state index contributed by atoms with van der Waals surface area (Å²) in [4.78, 5) is 21.4. The van der Waals surface area contributed by atoms with Crippen LogP contribution < -0.4 is 5.32 Å². The van der Waals surface area contributed by atoms with Crippen molar-refractivity contribution in [3.8, 4) is 0 Å². The summed E-state index contributed by atoms with van der Waals surface area (Å²) in [5.41, 5.74) is 0.204. The Balaban J connectivity index is 2.47. The minimum Gasteiger partial charge on any atom is -0.481 e. The Hall–Kier alpha value is -1.98. The van der Waals surface area contributed by atoms with E-state index in [0.717, 1.165) is 12.1 Å².